The summed E-state index contributed by atoms with van der Waals surface area (Å²) < 4.78 is 7.55. The van der Waals surface area contributed by atoms with Gasteiger partial charge in [-0.2, -0.15) is 14.9 Å². The second kappa shape index (κ2) is 7.39. The van der Waals surface area contributed by atoms with E-state index in [0.717, 1.165) is 67.6 Å². The average molecular weight is 416 g/mol. The Morgan fingerprint density at radius 2 is 2.00 bits per heavy atom. The summed E-state index contributed by atoms with van der Waals surface area (Å²) in [7, 11) is 0. The smallest absolute Gasteiger partial charge is 0.177 e. The minimum absolute atomic E-state index is 0.281. The normalized spacial score (nSPS) is 19.1. The van der Waals surface area contributed by atoms with Crippen molar-refractivity contribution in [3.8, 4) is 5.82 Å². The van der Waals surface area contributed by atoms with E-state index in [0.29, 0.717) is 0 Å². The Morgan fingerprint density at radius 3 is 2.81 bits per heavy atom. The van der Waals surface area contributed by atoms with Crippen LogP contribution >= 0.6 is 0 Å². The van der Waals surface area contributed by atoms with E-state index in [1.165, 1.54) is 11.3 Å². The highest BCUT2D eigenvalue weighted by molar-refractivity contribution is 5.86. The number of nitrogens with zero attached hydrogens (tertiary/aromatic N) is 6. The van der Waals surface area contributed by atoms with Crippen LogP contribution in [0.4, 0.5) is 11.5 Å². The van der Waals surface area contributed by atoms with Crippen LogP contribution in [-0.4, -0.2) is 57.3 Å². The predicted octanol–water partition coefficient (Wildman–Crippen LogP) is 2.93. The maximum atomic E-state index is 5.66. The lowest BCUT2D eigenvalue weighted by Gasteiger charge is -2.34. The van der Waals surface area contributed by atoms with Crippen molar-refractivity contribution in [2.45, 2.75) is 25.9 Å². The van der Waals surface area contributed by atoms with E-state index in [1.54, 1.807) is 0 Å². The van der Waals surface area contributed by atoms with Crippen LogP contribution in [0.1, 0.15) is 18.2 Å². The second-order valence-electron chi connectivity index (χ2n) is 8.25. The molecule has 1 N–H and O–H groups in total. The summed E-state index contributed by atoms with van der Waals surface area (Å²) in [5, 5.41) is 13.4. The molecule has 0 spiro atoms. The molecule has 1 atom stereocenters. The zero-order valence-corrected chi connectivity index (χ0v) is 17.5. The number of benzene rings is 1. The fourth-order valence-electron chi connectivity index (χ4n) is 4.68. The molecule has 158 valence electrons. The van der Waals surface area contributed by atoms with Crippen molar-refractivity contribution >= 4 is 22.5 Å². The fraction of sp³-hybridized carbons (Fsp3) is 0.348. The largest absolute Gasteiger partial charge is 0.377 e. The van der Waals surface area contributed by atoms with Crippen LogP contribution in [0.5, 0.6) is 0 Å². The van der Waals surface area contributed by atoms with E-state index in [2.05, 4.69) is 63.3 Å². The highest BCUT2D eigenvalue weighted by Crippen LogP contribution is 2.33. The van der Waals surface area contributed by atoms with Gasteiger partial charge in [0.1, 0.15) is 5.82 Å². The number of nitrogens with one attached hydrogen (secondary N) is 1. The highest BCUT2D eigenvalue weighted by Gasteiger charge is 2.27. The van der Waals surface area contributed by atoms with Gasteiger partial charge in [0.25, 0.3) is 0 Å². The average Bonchev–Trinajstić information content (AvgIpc) is 3.41. The van der Waals surface area contributed by atoms with Gasteiger partial charge in [0, 0.05) is 49.4 Å². The Morgan fingerprint density at radius 1 is 1.10 bits per heavy atom. The molecule has 0 radical (unpaired) electrons. The van der Waals surface area contributed by atoms with E-state index in [4.69, 9.17) is 14.8 Å². The number of para-hydroxylation sites is 1. The lowest BCUT2D eigenvalue weighted by atomic mass is 10.1. The van der Waals surface area contributed by atoms with Crippen molar-refractivity contribution < 1.29 is 4.74 Å². The lowest BCUT2D eigenvalue weighted by molar-refractivity contribution is 0.0985. The van der Waals surface area contributed by atoms with Gasteiger partial charge in [0.2, 0.25) is 0 Å². The van der Waals surface area contributed by atoms with Crippen LogP contribution in [0.15, 0.2) is 48.7 Å². The first-order valence-electron chi connectivity index (χ1n) is 10.8. The summed E-state index contributed by atoms with van der Waals surface area (Å²) in [4.78, 5) is 9.88. The van der Waals surface area contributed by atoms with Gasteiger partial charge in [-0.3, -0.25) is 5.10 Å². The zero-order valence-electron chi connectivity index (χ0n) is 17.5. The number of ether oxygens (including phenoxy) is 1. The molecule has 2 aliphatic heterocycles. The van der Waals surface area contributed by atoms with Crippen molar-refractivity contribution in [2.75, 3.05) is 36.1 Å². The van der Waals surface area contributed by atoms with Gasteiger partial charge < -0.3 is 14.5 Å². The molecule has 0 aliphatic carbocycles. The highest BCUT2D eigenvalue weighted by atomic mass is 16.5. The number of aromatic nitrogens is 5. The zero-order chi connectivity index (χ0) is 20.8. The maximum Gasteiger partial charge on any atom is 0.177 e. The molecule has 0 amide bonds. The Bertz CT molecular complexity index is 1200. The number of anilines is 2. The van der Waals surface area contributed by atoms with Gasteiger partial charge in [-0.1, -0.05) is 18.2 Å². The molecule has 2 aliphatic rings. The molecule has 4 aromatic rings. The SMILES string of the molecule is C[C@@H]1COCCN1c1cc2c3c(nn(-c4cc[nH]n4)c3n1)CCN(c1ccccc1)C2. The standard InChI is InChI=1S/C23H25N7O/c1-16-15-31-12-11-29(16)21-13-17-14-28(18-5-3-2-4-6-18)10-8-19-22(17)23(25-21)30(27-19)20-7-9-24-26-20/h2-7,9,13,16H,8,10-12,14-15H2,1H3,(H,24,26)/t16-/m1/s1. The molecule has 5 heterocycles. The first-order valence-corrected chi connectivity index (χ1v) is 10.8. The molecule has 8 heteroatoms. The second-order valence-corrected chi connectivity index (χ2v) is 8.25. The van der Waals surface area contributed by atoms with Crippen molar-refractivity contribution in [3.05, 3.63) is 59.9 Å². The molecule has 8 nitrogen and oxygen atoms in total. The van der Waals surface area contributed by atoms with Gasteiger partial charge in [0.05, 0.1) is 24.9 Å². The monoisotopic (exact) mass is 415 g/mol. The summed E-state index contributed by atoms with van der Waals surface area (Å²) in [6.07, 6.45) is 2.69. The molecule has 3 aromatic heterocycles. The molecular weight excluding hydrogens is 390 g/mol. The minimum Gasteiger partial charge on any atom is -0.377 e. The molecule has 0 bridgehead atoms. The number of hydrogen-bond acceptors (Lipinski definition) is 6. The van der Waals surface area contributed by atoms with Gasteiger partial charge >= 0.3 is 0 Å². The topological polar surface area (TPSA) is 75.1 Å². The van der Waals surface area contributed by atoms with Crippen LogP contribution in [-0.2, 0) is 17.7 Å². The molecule has 0 saturated carbocycles. The third kappa shape index (κ3) is 3.14. The lowest BCUT2D eigenvalue weighted by Crippen LogP contribution is -2.44. The number of aromatic amines is 1. The summed E-state index contributed by atoms with van der Waals surface area (Å²) in [5.41, 5.74) is 4.46. The molecule has 31 heavy (non-hydrogen) atoms. The number of pyridine rings is 1. The Hall–Kier alpha value is -3.39. The number of rotatable bonds is 3. The third-order valence-corrected chi connectivity index (χ3v) is 6.24. The first kappa shape index (κ1) is 18.4. The molecule has 1 aromatic carbocycles. The summed E-state index contributed by atoms with van der Waals surface area (Å²) >= 11 is 0. The van der Waals surface area contributed by atoms with Crippen molar-refractivity contribution in [2.24, 2.45) is 0 Å². The van der Waals surface area contributed by atoms with E-state index < -0.39 is 0 Å². The Kier molecular flexibility index (Phi) is 4.38. The fourth-order valence-corrected chi connectivity index (χ4v) is 4.68. The summed E-state index contributed by atoms with van der Waals surface area (Å²) in [6, 6.07) is 15.1. The van der Waals surface area contributed by atoms with E-state index in [1.807, 2.05) is 16.9 Å². The van der Waals surface area contributed by atoms with Crippen LogP contribution in [0, 0.1) is 0 Å². The van der Waals surface area contributed by atoms with Crippen molar-refractivity contribution in [1.82, 2.24) is 25.0 Å². The maximum absolute atomic E-state index is 5.66. The quantitative estimate of drug-likeness (QED) is 0.555. The van der Waals surface area contributed by atoms with Gasteiger partial charge in [-0.25, -0.2) is 4.98 Å². The van der Waals surface area contributed by atoms with E-state index in [-0.39, 0.29) is 6.04 Å². The van der Waals surface area contributed by atoms with Crippen molar-refractivity contribution in [3.63, 3.8) is 0 Å². The van der Waals surface area contributed by atoms with Gasteiger partial charge in [-0.05, 0) is 30.7 Å². The van der Waals surface area contributed by atoms with Crippen LogP contribution < -0.4 is 9.80 Å². The predicted molar refractivity (Wildman–Crippen MR) is 120 cm³/mol. The minimum atomic E-state index is 0.281. The van der Waals surface area contributed by atoms with E-state index in [9.17, 15) is 0 Å². The molecular formula is C23H25N7O. The third-order valence-electron chi connectivity index (χ3n) is 6.24. The van der Waals surface area contributed by atoms with Crippen molar-refractivity contribution in [1.29, 1.82) is 0 Å². The molecule has 6 rings (SSSR count). The van der Waals surface area contributed by atoms with Crippen LogP contribution in [0.25, 0.3) is 16.9 Å². The van der Waals surface area contributed by atoms with Crippen LogP contribution in [0.2, 0.25) is 0 Å². The molecule has 1 fully saturated rings. The van der Waals surface area contributed by atoms with Gasteiger partial charge in [0.15, 0.2) is 11.5 Å². The Balaban J connectivity index is 1.52. The number of H-pyrrole nitrogens is 1. The Labute approximate surface area is 180 Å². The van der Waals surface area contributed by atoms with Crippen LogP contribution in [0.3, 0.4) is 0 Å². The number of hydrogen-bond donors (Lipinski definition) is 1. The van der Waals surface area contributed by atoms with E-state index >= 15 is 0 Å². The summed E-state index contributed by atoms with van der Waals surface area (Å²) in [5.74, 6) is 1.75. The first-order chi connectivity index (χ1) is 15.3. The summed E-state index contributed by atoms with van der Waals surface area (Å²) in [6.45, 7) is 6.21. The number of morpholine rings is 1. The molecule has 0 unspecified atom stereocenters. The molecule has 1 saturated heterocycles. The van der Waals surface area contributed by atoms with Gasteiger partial charge in [-0.15, -0.1) is 0 Å².